The quantitative estimate of drug-likeness (QED) is 0.923. The van der Waals surface area contributed by atoms with Crippen molar-refractivity contribution in [1.29, 1.82) is 0 Å². The fourth-order valence-corrected chi connectivity index (χ4v) is 3.18. The van der Waals surface area contributed by atoms with E-state index in [1.54, 1.807) is 0 Å². The van der Waals surface area contributed by atoms with Crippen LogP contribution in [0, 0.1) is 13.8 Å². The van der Waals surface area contributed by atoms with Gasteiger partial charge in [0.05, 0.1) is 13.2 Å². The van der Waals surface area contributed by atoms with Gasteiger partial charge in [0.2, 0.25) is 0 Å². The third kappa shape index (κ3) is 3.65. The number of nitrogens with one attached hydrogen (secondary N) is 1. The molecule has 1 aliphatic rings. The van der Waals surface area contributed by atoms with Crippen LogP contribution in [0.4, 0.5) is 5.69 Å². The molecule has 0 atom stereocenters. The van der Waals surface area contributed by atoms with Crippen molar-refractivity contribution in [1.82, 2.24) is 4.98 Å². The minimum atomic E-state index is 0. The lowest BCUT2D eigenvalue weighted by atomic mass is 9.97. The van der Waals surface area contributed by atoms with E-state index in [0.29, 0.717) is 0 Å². The number of anilines is 1. The maximum Gasteiger partial charge on any atom is 0.251 e. The van der Waals surface area contributed by atoms with E-state index in [2.05, 4.69) is 35.0 Å². The van der Waals surface area contributed by atoms with Gasteiger partial charge in [-0.2, -0.15) is 0 Å². The zero-order valence-electron chi connectivity index (χ0n) is 14.5. The van der Waals surface area contributed by atoms with E-state index in [0.717, 1.165) is 49.5 Å². The largest absolute Gasteiger partial charge is 0.378 e. The van der Waals surface area contributed by atoms with Gasteiger partial charge in [-0.1, -0.05) is 13.0 Å². The Morgan fingerprint density at radius 3 is 2.46 bits per heavy atom. The van der Waals surface area contributed by atoms with Gasteiger partial charge in [-0.25, -0.2) is 0 Å². The monoisotopic (exact) mass is 348 g/mol. The highest BCUT2D eigenvalue weighted by atomic mass is 35.5. The summed E-state index contributed by atoms with van der Waals surface area (Å²) in [5, 5.41) is 0. The van der Waals surface area contributed by atoms with Crippen LogP contribution in [0.5, 0.6) is 0 Å². The molecule has 1 aromatic heterocycles. The maximum absolute atomic E-state index is 11.9. The number of rotatable bonds is 3. The zero-order chi connectivity index (χ0) is 16.4. The fraction of sp³-hybridized carbons (Fsp3) is 0.421. The molecule has 3 rings (SSSR count). The number of pyridine rings is 1. The highest BCUT2D eigenvalue weighted by Gasteiger charge is 2.14. The first-order valence-electron chi connectivity index (χ1n) is 8.26. The van der Waals surface area contributed by atoms with Gasteiger partial charge in [0.15, 0.2) is 0 Å². The molecule has 0 saturated carbocycles. The number of morpholine rings is 1. The van der Waals surface area contributed by atoms with Crippen LogP contribution >= 0.6 is 12.4 Å². The Bertz CT molecular complexity index is 764. The Kier molecular flexibility index (Phi) is 6.08. The predicted molar refractivity (Wildman–Crippen MR) is 102 cm³/mol. The van der Waals surface area contributed by atoms with Gasteiger partial charge in [-0.15, -0.1) is 12.4 Å². The fourth-order valence-electron chi connectivity index (χ4n) is 3.18. The second kappa shape index (κ2) is 7.86. The number of nitrogens with zero attached hydrogens (tertiary/aromatic N) is 1. The second-order valence-electron chi connectivity index (χ2n) is 6.11. The summed E-state index contributed by atoms with van der Waals surface area (Å²) in [6.07, 6.45) is 0.744. The van der Waals surface area contributed by atoms with E-state index < -0.39 is 0 Å². The third-order valence-electron chi connectivity index (χ3n) is 4.57. The first kappa shape index (κ1) is 18.6. The predicted octanol–water partition coefficient (Wildman–Crippen LogP) is 3.48. The van der Waals surface area contributed by atoms with Crippen molar-refractivity contribution < 1.29 is 4.74 Å². The van der Waals surface area contributed by atoms with Crippen molar-refractivity contribution in [2.45, 2.75) is 27.2 Å². The molecule has 0 aliphatic carbocycles. The first-order valence-corrected chi connectivity index (χ1v) is 8.26. The molecule has 4 nitrogen and oxygen atoms in total. The summed E-state index contributed by atoms with van der Waals surface area (Å²) < 4.78 is 5.42. The Morgan fingerprint density at radius 2 is 1.83 bits per heavy atom. The molecule has 0 amide bonds. The standard InChI is InChI=1S/C19H24N2O2.ClH/c1-4-15-12-18(14(3)20-19(15)22)17-6-5-16(11-13(17)2)21-7-9-23-10-8-21;/h5-6,11-12H,4,7-10H2,1-3H3,(H,20,22);1H. The highest BCUT2D eigenvalue weighted by Crippen LogP contribution is 2.29. The number of hydrogen-bond donors (Lipinski definition) is 1. The minimum absolute atomic E-state index is 0. The van der Waals surface area contributed by atoms with E-state index in [1.165, 1.54) is 16.8 Å². The minimum Gasteiger partial charge on any atom is -0.378 e. The molecule has 2 heterocycles. The Hall–Kier alpha value is -1.78. The van der Waals surface area contributed by atoms with Crippen molar-refractivity contribution >= 4 is 18.1 Å². The van der Waals surface area contributed by atoms with E-state index in [1.807, 2.05) is 19.9 Å². The van der Waals surface area contributed by atoms with Crippen molar-refractivity contribution in [3.8, 4) is 11.1 Å². The van der Waals surface area contributed by atoms with Gasteiger partial charge in [-0.3, -0.25) is 4.79 Å². The lowest BCUT2D eigenvalue weighted by Crippen LogP contribution is -2.36. The average Bonchev–Trinajstić information content (AvgIpc) is 2.56. The lowest BCUT2D eigenvalue weighted by molar-refractivity contribution is 0.122. The highest BCUT2D eigenvalue weighted by molar-refractivity contribution is 5.85. The van der Waals surface area contributed by atoms with Gasteiger partial charge in [0, 0.05) is 35.6 Å². The molecule has 0 spiro atoms. The van der Waals surface area contributed by atoms with Gasteiger partial charge in [0.25, 0.3) is 5.56 Å². The summed E-state index contributed by atoms with van der Waals surface area (Å²) in [6, 6.07) is 8.60. The molecule has 1 aromatic carbocycles. The summed E-state index contributed by atoms with van der Waals surface area (Å²) in [5.74, 6) is 0. The van der Waals surface area contributed by atoms with Crippen LogP contribution in [0.15, 0.2) is 29.1 Å². The molecule has 1 N–H and O–H groups in total. The molecule has 2 aromatic rings. The molecular weight excluding hydrogens is 324 g/mol. The smallest absolute Gasteiger partial charge is 0.251 e. The molecule has 1 aliphatic heterocycles. The van der Waals surface area contributed by atoms with Gasteiger partial charge in [-0.05, 0) is 49.6 Å². The lowest BCUT2D eigenvalue weighted by Gasteiger charge is -2.29. The number of aromatic amines is 1. The SMILES string of the molecule is CCc1cc(-c2ccc(N3CCOCC3)cc2C)c(C)[nH]c1=O.Cl. The molecule has 0 bridgehead atoms. The van der Waals surface area contributed by atoms with Crippen molar-refractivity contribution in [2.75, 3.05) is 31.2 Å². The topological polar surface area (TPSA) is 45.3 Å². The molecule has 1 fully saturated rings. The van der Waals surface area contributed by atoms with E-state index in [-0.39, 0.29) is 18.0 Å². The van der Waals surface area contributed by atoms with Gasteiger partial charge >= 0.3 is 0 Å². The van der Waals surface area contributed by atoms with Crippen molar-refractivity contribution in [2.24, 2.45) is 0 Å². The number of ether oxygens (including phenoxy) is 1. The maximum atomic E-state index is 11.9. The van der Waals surface area contributed by atoms with Crippen LogP contribution in [0.2, 0.25) is 0 Å². The Balaban J connectivity index is 0.00000208. The second-order valence-corrected chi connectivity index (χ2v) is 6.11. The number of H-pyrrole nitrogens is 1. The molecule has 130 valence electrons. The first-order chi connectivity index (χ1) is 11.1. The molecule has 0 radical (unpaired) electrons. The number of halogens is 1. The Labute approximate surface area is 149 Å². The van der Waals surface area contributed by atoms with Gasteiger partial charge in [0.1, 0.15) is 0 Å². The average molecular weight is 349 g/mol. The van der Waals surface area contributed by atoms with Crippen LogP contribution in [-0.4, -0.2) is 31.3 Å². The summed E-state index contributed by atoms with van der Waals surface area (Å²) in [7, 11) is 0. The number of hydrogen-bond acceptors (Lipinski definition) is 3. The summed E-state index contributed by atoms with van der Waals surface area (Å²) >= 11 is 0. The zero-order valence-corrected chi connectivity index (χ0v) is 15.3. The normalized spacial score (nSPS) is 14.4. The summed E-state index contributed by atoms with van der Waals surface area (Å²) in [6.45, 7) is 9.57. The third-order valence-corrected chi connectivity index (χ3v) is 4.57. The van der Waals surface area contributed by atoms with E-state index >= 15 is 0 Å². The molecule has 0 unspecified atom stereocenters. The molecule has 1 saturated heterocycles. The molecular formula is C19H25ClN2O2. The Morgan fingerprint density at radius 1 is 1.12 bits per heavy atom. The van der Waals surface area contributed by atoms with Crippen LogP contribution in [0.25, 0.3) is 11.1 Å². The number of benzene rings is 1. The summed E-state index contributed by atoms with van der Waals surface area (Å²) in [4.78, 5) is 17.3. The van der Waals surface area contributed by atoms with Crippen LogP contribution < -0.4 is 10.5 Å². The molecule has 5 heteroatoms. The van der Waals surface area contributed by atoms with E-state index in [9.17, 15) is 4.79 Å². The number of aromatic nitrogens is 1. The van der Waals surface area contributed by atoms with Gasteiger partial charge < -0.3 is 14.6 Å². The van der Waals surface area contributed by atoms with E-state index in [4.69, 9.17) is 4.74 Å². The van der Waals surface area contributed by atoms with Crippen molar-refractivity contribution in [3.63, 3.8) is 0 Å². The van der Waals surface area contributed by atoms with Crippen molar-refractivity contribution in [3.05, 3.63) is 51.4 Å². The van der Waals surface area contributed by atoms with Crippen LogP contribution in [0.3, 0.4) is 0 Å². The molecule has 24 heavy (non-hydrogen) atoms. The van der Waals surface area contributed by atoms with Crippen LogP contribution in [-0.2, 0) is 11.2 Å². The van der Waals surface area contributed by atoms with Crippen LogP contribution in [0.1, 0.15) is 23.7 Å². The summed E-state index contributed by atoms with van der Waals surface area (Å²) in [5.41, 5.74) is 6.56. The number of aryl methyl sites for hydroxylation is 3.